The van der Waals surface area contributed by atoms with Gasteiger partial charge in [-0.15, -0.1) is 0 Å². The number of aromatic nitrogens is 3. The highest BCUT2D eigenvalue weighted by Gasteiger charge is 2.25. The van der Waals surface area contributed by atoms with Crippen molar-refractivity contribution in [2.24, 2.45) is 5.92 Å². The maximum absolute atomic E-state index is 13.0. The molecule has 2 aliphatic rings. The van der Waals surface area contributed by atoms with Crippen molar-refractivity contribution < 1.29 is 14.4 Å². The second-order valence-electron chi connectivity index (χ2n) is 8.55. The Kier molecular flexibility index (Phi) is 6.02. The van der Waals surface area contributed by atoms with Gasteiger partial charge in [-0.05, 0) is 37.1 Å². The van der Waals surface area contributed by atoms with Gasteiger partial charge in [0, 0.05) is 33.8 Å². The van der Waals surface area contributed by atoms with Crippen molar-refractivity contribution in [2.75, 3.05) is 10.6 Å². The minimum Gasteiger partial charge on any atom is -0.340 e. The minimum atomic E-state index is -0.427. The van der Waals surface area contributed by atoms with Crippen LogP contribution < -0.4 is 16.0 Å². The Balaban J connectivity index is 1.54. The third kappa shape index (κ3) is 4.65. The summed E-state index contributed by atoms with van der Waals surface area (Å²) in [7, 11) is 0. The van der Waals surface area contributed by atoms with Crippen molar-refractivity contribution in [1.29, 1.82) is 0 Å². The highest BCUT2D eigenvalue weighted by molar-refractivity contribution is 6.30. The van der Waals surface area contributed by atoms with Gasteiger partial charge in [0.15, 0.2) is 5.65 Å². The predicted octanol–water partition coefficient (Wildman–Crippen LogP) is 4.08. The lowest BCUT2D eigenvalue weighted by Gasteiger charge is -2.21. The first-order valence-corrected chi connectivity index (χ1v) is 11.6. The number of imide groups is 1. The molecular formula is C24H23ClN6O3. The van der Waals surface area contributed by atoms with Crippen LogP contribution in [0.3, 0.4) is 0 Å². The first-order valence-electron chi connectivity index (χ1n) is 11.2. The second kappa shape index (κ2) is 9.26. The molecule has 1 saturated heterocycles. The van der Waals surface area contributed by atoms with E-state index in [4.69, 9.17) is 11.6 Å². The number of fused-ring (bicyclic) bond motifs is 1. The average molecular weight is 479 g/mol. The predicted molar refractivity (Wildman–Crippen MR) is 129 cm³/mol. The molecule has 3 amide bonds. The van der Waals surface area contributed by atoms with E-state index in [0.717, 1.165) is 37.8 Å². The molecule has 1 aliphatic heterocycles. The number of rotatable bonds is 5. The zero-order valence-electron chi connectivity index (χ0n) is 18.3. The van der Waals surface area contributed by atoms with E-state index in [-0.39, 0.29) is 24.2 Å². The van der Waals surface area contributed by atoms with Gasteiger partial charge < -0.3 is 10.6 Å². The summed E-state index contributed by atoms with van der Waals surface area (Å²) < 4.78 is 1.53. The number of carbonyl (C=O) groups is 3. The van der Waals surface area contributed by atoms with Crippen LogP contribution in [-0.2, 0) is 14.4 Å². The van der Waals surface area contributed by atoms with E-state index in [0.29, 0.717) is 33.4 Å². The number of hydrogen-bond donors (Lipinski definition) is 3. The number of carbonyl (C=O) groups excluding carboxylic acids is 3. The van der Waals surface area contributed by atoms with Gasteiger partial charge in [-0.2, -0.15) is 9.61 Å². The number of benzene rings is 1. The Morgan fingerprint density at radius 3 is 2.74 bits per heavy atom. The molecule has 3 N–H and O–H groups in total. The third-order valence-electron chi connectivity index (χ3n) is 6.05. The maximum Gasteiger partial charge on any atom is 0.254 e. The van der Waals surface area contributed by atoms with Crippen LogP contribution in [0.4, 0.5) is 17.3 Å². The van der Waals surface area contributed by atoms with E-state index in [1.807, 2.05) is 12.1 Å². The van der Waals surface area contributed by atoms with E-state index >= 15 is 0 Å². The number of nitrogens with zero attached hydrogens (tertiary/aromatic N) is 3. The van der Waals surface area contributed by atoms with Gasteiger partial charge >= 0.3 is 0 Å². The van der Waals surface area contributed by atoms with E-state index in [1.165, 1.54) is 4.52 Å². The zero-order chi connectivity index (χ0) is 23.7. The summed E-state index contributed by atoms with van der Waals surface area (Å²) in [6.45, 7) is 0. The van der Waals surface area contributed by atoms with Crippen LogP contribution in [0.2, 0.25) is 5.02 Å². The molecule has 10 heteroatoms. The molecule has 9 nitrogen and oxygen atoms in total. The lowest BCUT2D eigenvalue weighted by molar-refractivity contribution is -0.124. The molecule has 3 heterocycles. The molecule has 34 heavy (non-hydrogen) atoms. The van der Waals surface area contributed by atoms with Crippen LogP contribution in [-0.4, -0.2) is 32.3 Å². The van der Waals surface area contributed by atoms with Crippen LogP contribution in [0.25, 0.3) is 11.7 Å². The van der Waals surface area contributed by atoms with Crippen molar-refractivity contribution in [1.82, 2.24) is 19.9 Å². The Morgan fingerprint density at radius 2 is 2.00 bits per heavy atom. The Bertz CT molecular complexity index is 1330. The highest BCUT2D eigenvalue weighted by atomic mass is 35.5. The van der Waals surface area contributed by atoms with Gasteiger partial charge in [0.05, 0.1) is 12.6 Å². The van der Waals surface area contributed by atoms with E-state index in [2.05, 4.69) is 26.0 Å². The molecule has 0 atom stereocenters. The van der Waals surface area contributed by atoms with Gasteiger partial charge in [-0.1, -0.05) is 36.9 Å². The first-order chi connectivity index (χ1) is 16.5. The lowest BCUT2D eigenvalue weighted by Crippen LogP contribution is -2.26. The Hall–Kier alpha value is -3.72. The van der Waals surface area contributed by atoms with Crippen LogP contribution in [0, 0.1) is 5.92 Å². The molecule has 0 bridgehead atoms. The smallest absolute Gasteiger partial charge is 0.254 e. The fraction of sp³-hybridized carbons (Fsp3) is 0.292. The van der Waals surface area contributed by atoms with E-state index < -0.39 is 5.91 Å². The van der Waals surface area contributed by atoms with Gasteiger partial charge in [-0.25, -0.2) is 4.98 Å². The summed E-state index contributed by atoms with van der Waals surface area (Å²) >= 11 is 6.12. The van der Waals surface area contributed by atoms with Crippen molar-refractivity contribution in [2.45, 2.75) is 38.5 Å². The summed E-state index contributed by atoms with van der Waals surface area (Å²) in [5.41, 5.74) is 2.06. The Labute approximate surface area is 200 Å². The van der Waals surface area contributed by atoms with Gasteiger partial charge in [0.2, 0.25) is 11.8 Å². The molecule has 2 fully saturated rings. The summed E-state index contributed by atoms with van der Waals surface area (Å²) in [6, 6.07) is 8.92. The fourth-order valence-corrected chi connectivity index (χ4v) is 4.54. The highest BCUT2D eigenvalue weighted by Crippen LogP contribution is 2.28. The van der Waals surface area contributed by atoms with Crippen LogP contribution in [0.5, 0.6) is 0 Å². The molecule has 0 radical (unpaired) electrons. The molecule has 1 saturated carbocycles. The number of anilines is 3. The van der Waals surface area contributed by atoms with Crippen LogP contribution in [0.15, 0.2) is 42.1 Å². The Morgan fingerprint density at radius 1 is 1.18 bits per heavy atom. The normalized spacial score (nSPS) is 17.9. The van der Waals surface area contributed by atoms with Crippen LogP contribution in [0.1, 0.15) is 44.1 Å². The number of amides is 3. The monoisotopic (exact) mass is 478 g/mol. The lowest BCUT2D eigenvalue weighted by atomic mass is 9.89. The molecule has 0 unspecified atom stereocenters. The minimum absolute atomic E-state index is 0.00189. The molecule has 1 aromatic carbocycles. The van der Waals surface area contributed by atoms with Crippen molar-refractivity contribution in [3.63, 3.8) is 0 Å². The summed E-state index contributed by atoms with van der Waals surface area (Å²) in [6.07, 6.45) is 8.15. The second-order valence-corrected chi connectivity index (χ2v) is 8.98. The standard InChI is InChI=1S/C24H23ClN6O3/c25-17-7-4-8-18(11-17)27-19-12-20(29-23(33)14-5-2-1-3-6-14)31-22(28-19)16(13-26-31)9-15-10-21(32)30-24(15)34/h4,7-9,11-14H,1-3,5-6,10H2,(H,27,28)(H,29,33)(H,30,32,34)/b15-9+. The molecule has 5 rings (SSSR count). The molecular weight excluding hydrogens is 456 g/mol. The number of nitrogens with one attached hydrogen (secondary N) is 3. The largest absolute Gasteiger partial charge is 0.340 e. The topological polar surface area (TPSA) is 117 Å². The maximum atomic E-state index is 13.0. The van der Waals surface area contributed by atoms with Crippen molar-refractivity contribution in [3.8, 4) is 0 Å². The van der Waals surface area contributed by atoms with Gasteiger partial charge in [0.25, 0.3) is 5.91 Å². The molecule has 0 spiro atoms. The quantitative estimate of drug-likeness (QED) is 0.376. The summed E-state index contributed by atoms with van der Waals surface area (Å²) in [5.74, 6) is 0.0825. The zero-order valence-corrected chi connectivity index (χ0v) is 19.1. The SMILES string of the molecule is O=C1C/C(=C\c2cnn3c(NC(=O)C4CCCCC4)cc(Nc4cccc(Cl)c4)nc23)C(=O)N1. The number of halogens is 1. The third-order valence-corrected chi connectivity index (χ3v) is 6.28. The van der Waals surface area contributed by atoms with Crippen molar-refractivity contribution >= 4 is 58.4 Å². The van der Waals surface area contributed by atoms with Gasteiger partial charge in [-0.3, -0.25) is 19.7 Å². The molecule has 3 aromatic rings. The fourth-order valence-electron chi connectivity index (χ4n) is 4.35. The van der Waals surface area contributed by atoms with Crippen molar-refractivity contribution in [3.05, 3.63) is 52.7 Å². The summed E-state index contributed by atoms with van der Waals surface area (Å²) in [4.78, 5) is 41.3. The molecule has 2 aromatic heterocycles. The van der Waals surface area contributed by atoms with Gasteiger partial charge in [0.1, 0.15) is 11.6 Å². The first kappa shape index (κ1) is 22.1. The average Bonchev–Trinajstić information content (AvgIpc) is 3.36. The number of hydrogen-bond acceptors (Lipinski definition) is 6. The van der Waals surface area contributed by atoms with E-state index in [9.17, 15) is 14.4 Å². The molecule has 174 valence electrons. The summed E-state index contributed by atoms with van der Waals surface area (Å²) in [5, 5.41) is 13.5. The van der Waals surface area contributed by atoms with E-state index in [1.54, 1.807) is 30.5 Å². The van der Waals surface area contributed by atoms with Crippen LogP contribution >= 0.6 is 11.6 Å². The molecule has 1 aliphatic carbocycles.